The second-order valence-corrected chi connectivity index (χ2v) is 4.89. The van der Waals surface area contributed by atoms with E-state index in [2.05, 4.69) is 0 Å². The summed E-state index contributed by atoms with van der Waals surface area (Å²) in [5.41, 5.74) is 5.78. The van der Waals surface area contributed by atoms with Crippen LogP contribution >= 0.6 is 0 Å². The van der Waals surface area contributed by atoms with Gasteiger partial charge in [-0.05, 0) is 25.8 Å². The molecular formula is C14H19F2NO. The predicted molar refractivity (Wildman–Crippen MR) is 66.5 cm³/mol. The number of hydrogen-bond donors (Lipinski definition) is 1. The summed E-state index contributed by atoms with van der Waals surface area (Å²) < 4.78 is 32.9. The molecule has 1 saturated carbocycles. The maximum atomic E-state index is 14.1. The van der Waals surface area contributed by atoms with Gasteiger partial charge in [-0.3, -0.25) is 0 Å². The summed E-state index contributed by atoms with van der Waals surface area (Å²) in [7, 11) is 0. The summed E-state index contributed by atoms with van der Waals surface area (Å²) >= 11 is 0. The van der Waals surface area contributed by atoms with Crippen molar-refractivity contribution in [3.05, 3.63) is 29.3 Å². The molecule has 0 unspecified atom stereocenters. The van der Waals surface area contributed by atoms with Crippen LogP contribution in [0.3, 0.4) is 0 Å². The van der Waals surface area contributed by atoms with Crippen molar-refractivity contribution in [3.8, 4) is 5.75 Å². The molecule has 0 heterocycles. The Kier molecular flexibility index (Phi) is 3.85. The van der Waals surface area contributed by atoms with Crippen molar-refractivity contribution < 1.29 is 13.5 Å². The molecule has 0 radical (unpaired) electrons. The Labute approximate surface area is 106 Å². The summed E-state index contributed by atoms with van der Waals surface area (Å²) in [5, 5.41) is 0. The first kappa shape index (κ1) is 13.3. The van der Waals surface area contributed by atoms with Crippen LogP contribution in [0.25, 0.3) is 0 Å². The summed E-state index contributed by atoms with van der Waals surface area (Å²) in [6, 6.07) is 3.04. The zero-order valence-corrected chi connectivity index (χ0v) is 10.6. The Morgan fingerprint density at radius 2 is 1.83 bits per heavy atom. The molecule has 1 aromatic carbocycles. The van der Waals surface area contributed by atoms with Crippen molar-refractivity contribution in [1.82, 2.24) is 0 Å². The van der Waals surface area contributed by atoms with Gasteiger partial charge in [0.25, 0.3) is 0 Å². The van der Waals surface area contributed by atoms with Crippen molar-refractivity contribution in [1.29, 1.82) is 0 Å². The van der Waals surface area contributed by atoms with Crippen molar-refractivity contribution >= 4 is 0 Å². The van der Waals surface area contributed by atoms with Crippen molar-refractivity contribution in [2.45, 2.75) is 44.6 Å². The largest absolute Gasteiger partial charge is 0.491 e. The molecule has 2 nitrogen and oxygen atoms in total. The molecule has 0 aliphatic heterocycles. The minimum Gasteiger partial charge on any atom is -0.491 e. The number of halogens is 2. The lowest BCUT2D eigenvalue weighted by molar-refractivity contribution is 0.281. The summed E-state index contributed by atoms with van der Waals surface area (Å²) in [5.74, 6) is -1.83. The molecule has 18 heavy (non-hydrogen) atoms. The van der Waals surface area contributed by atoms with E-state index in [9.17, 15) is 8.78 Å². The first-order chi connectivity index (χ1) is 8.58. The maximum Gasteiger partial charge on any atom is 0.200 e. The van der Waals surface area contributed by atoms with Gasteiger partial charge in [-0.2, -0.15) is 4.39 Å². The van der Waals surface area contributed by atoms with Crippen molar-refractivity contribution in [2.24, 2.45) is 5.73 Å². The molecule has 0 bridgehead atoms. The Hall–Kier alpha value is -1.16. The first-order valence-electron chi connectivity index (χ1n) is 6.48. The normalized spacial score (nSPS) is 18.7. The Morgan fingerprint density at radius 1 is 1.17 bits per heavy atom. The SMILES string of the molecule is CCOc1ccc(C2(N)CCCCC2)c(F)c1F. The molecule has 1 aliphatic carbocycles. The van der Waals surface area contributed by atoms with E-state index in [4.69, 9.17) is 10.5 Å². The minimum absolute atomic E-state index is 0.0434. The monoisotopic (exact) mass is 255 g/mol. The summed E-state index contributed by atoms with van der Waals surface area (Å²) in [6.45, 7) is 2.04. The third-order valence-electron chi connectivity index (χ3n) is 3.63. The van der Waals surface area contributed by atoms with Crippen LogP contribution in [0.15, 0.2) is 12.1 Å². The molecule has 100 valence electrons. The van der Waals surface area contributed by atoms with E-state index >= 15 is 0 Å². The lowest BCUT2D eigenvalue weighted by Crippen LogP contribution is -2.39. The molecule has 0 atom stereocenters. The van der Waals surface area contributed by atoms with Crippen molar-refractivity contribution in [3.63, 3.8) is 0 Å². The van der Waals surface area contributed by atoms with Gasteiger partial charge in [0.15, 0.2) is 11.6 Å². The number of benzene rings is 1. The van der Waals surface area contributed by atoms with E-state index < -0.39 is 17.2 Å². The molecular weight excluding hydrogens is 236 g/mol. The van der Waals surface area contributed by atoms with E-state index in [0.29, 0.717) is 19.4 Å². The number of nitrogens with two attached hydrogens (primary N) is 1. The highest BCUT2D eigenvalue weighted by Gasteiger charge is 2.33. The topological polar surface area (TPSA) is 35.2 Å². The van der Waals surface area contributed by atoms with Gasteiger partial charge in [0, 0.05) is 11.1 Å². The highest BCUT2D eigenvalue weighted by Crippen LogP contribution is 2.38. The zero-order valence-electron chi connectivity index (χ0n) is 10.6. The lowest BCUT2D eigenvalue weighted by Gasteiger charge is -2.34. The molecule has 4 heteroatoms. The molecule has 1 aliphatic rings. The highest BCUT2D eigenvalue weighted by molar-refractivity contribution is 5.35. The average Bonchev–Trinajstić information content (AvgIpc) is 2.36. The summed E-state index contributed by atoms with van der Waals surface area (Å²) in [6.07, 6.45) is 4.45. The van der Waals surface area contributed by atoms with Gasteiger partial charge in [-0.15, -0.1) is 0 Å². The average molecular weight is 255 g/mol. The van der Waals surface area contributed by atoms with Crippen LogP contribution in [0.4, 0.5) is 8.78 Å². The highest BCUT2D eigenvalue weighted by atomic mass is 19.2. The fourth-order valence-electron chi connectivity index (χ4n) is 2.64. The molecule has 0 saturated heterocycles. The molecule has 2 rings (SSSR count). The van der Waals surface area contributed by atoms with Gasteiger partial charge >= 0.3 is 0 Å². The Balaban J connectivity index is 2.36. The van der Waals surface area contributed by atoms with E-state index in [1.54, 1.807) is 13.0 Å². The van der Waals surface area contributed by atoms with Gasteiger partial charge in [0.1, 0.15) is 0 Å². The predicted octanol–water partition coefficient (Wildman–Crippen LogP) is 3.48. The van der Waals surface area contributed by atoms with Gasteiger partial charge in [0.05, 0.1) is 6.61 Å². The van der Waals surface area contributed by atoms with Crippen LogP contribution in [0.2, 0.25) is 0 Å². The number of rotatable bonds is 3. The maximum absolute atomic E-state index is 14.1. The van der Waals surface area contributed by atoms with Gasteiger partial charge in [-0.1, -0.05) is 25.3 Å². The second-order valence-electron chi connectivity index (χ2n) is 4.89. The van der Waals surface area contributed by atoms with Crippen LogP contribution in [0.1, 0.15) is 44.6 Å². The minimum atomic E-state index is -0.926. The second kappa shape index (κ2) is 5.22. The Morgan fingerprint density at radius 3 is 2.44 bits per heavy atom. The Bertz CT molecular complexity index is 428. The van der Waals surface area contributed by atoms with Gasteiger partial charge < -0.3 is 10.5 Å². The third-order valence-corrected chi connectivity index (χ3v) is 3.63. The molecule has 0 spiro atoms. The van der Waals surface area contributed by atoms with Crippen molar-refractivity contribution in [2.75, 3.05) is 6.61 Å². The smallest absolute Gasteiger partial charge is 0.200 e. The van der Waals surface area contributed by atoms with Crippen LogP contribution < -0.4 is 10.5 Å². The van der Waals surface area contributed by atoms with Crippen LogP contribution in [0.5, 0.6) is 5.75 Å². The van der Waals surface area contributed by atoms with E-state index in [1.807, 2.05) is 0 Å². The van der Waals surface area contributed by atoms with Crippen LogP contribution in [-0.2, 0) is 5.54 Å². The fraction of sp³-hybridized carbons (Fsp3) is 0.571. The van der Waals surface area contributed by atoms with Gasteiger partial charge in [-0.25, -0.2) is 4.39 Å². The molecule has 2 N–H and O–H groups in total. The standard InChI is InChI=1S/C14H19F2NO/c1-2-18-11-7-6-10(12(15)13(11)16)14(17)8-4-3-5-9-14/h6-7H,2-5,8-9,17H2,1H3. The van der Waals surface area contributed by atoms with E-state index in [0.717, 1.165) is 19.3 Å². The summed E-state index contributed by atoms with van der Waals surface area (Å²) in [4.78, 5) is 0. The lowest BCUT2D eigenvalue weighted by atomic mass is 9.77. The van der Waals surface area contributed by atoms with E-state index in [1.165, 1.54) is 6.07 Å². The van der Waals surface area contributed by atoms with Crippen LogP contribution in [-0.4, -0.2) is 6.61 Å². The molecule has 0 aromatic heterocycles. The van der Waals surface area contributed by atoms with E-state index in [-0.39, 0.29) is 11.3 Å². The zero-order chi connectivity index (χ0) is 13.2. The van der Waals surface area contributed by atoms with Gasteiger partial charge in [0.2, 0.25) is 5.82 Å². The molecule has 1 aromatic rings. The van der Waals surface area contributed by atoms with Crippen LogP contribution in [0, 0.1) is 11.6 Å². The molecule has 1 fully saturated rings. The number of hydrogen-bond acceptors (Lipinski definition) is 2. The first-order valence-corrected chi connectivity index (χ1v) is 6.48. The third kappa shape index (κ3) is 2.34. The quantitative estimate of drug-likeness (QED) is 0.897. The fourth-order valence-corrected chi connectivity index (χ4v) is 2.64. The molecule has 0 amide bonds. The number of ether oxygens (including phenoxy) is 1.